The number of hydrogen-bond donors (Lipinski definition) is 1. The van der Waals surface area contributed by atoms with E-state index in [2.05, 4.69) is 26.8 Å². The van der Waals surface area contributed by atoms with Crippen LogP contribution in [0.1, 0.15) is 19.8 Å². The van der Waals surface area contributed by atoms with Crippen LogP contribution in [0.3, 0.4) is 0 Å². The zero-order valence-corrected chi connectivity index (χ0v) is 11.7. The van der Waals surface area contributed by atoms with E-state index in [4.69, 9.17) is 15.2 Å². The van der Waals surface area contributed by atoms with E-state index in [1.54, 1.807) is 0 Å². The first-order valence-corrected chi connectivity index (χ1v) is 6.52. The average molecular weight is 267 g/mol. The van der Waals surface area contributed by atoms with Gasteiger partial charge in [0.15, 0.2) is 0 Å². The van der Waals surface area contributed by atoms with E-state index in [0.29, 0.717) is 11.9 Å². The Hall–Kier alpha value is -1.63. The van der Waals surface area contributed by atoms with Crippen molar-refractivity contribution in [3.05, 3.63) is 0 Å². The van der Waals surface area contributed by atoms with Crippen LogP contribution in [0.2, 0.25) is 0 Å². The zero-order chi connectivity index (χ0) is 13.8. The van der Waals surface area contributed by atoms with E-state index in [1.165, 1.54) is 14.2 Å². The second-order valence-corrected chi connectivity index (χ2v) is 4.68. The maximum atomic E-state index is 6.11. The number of methoxy groups -OCH3 is 2. The third-order valence-electron chi connectivity index (χ3n) is 3.55. The van der Waals surface area contributed by atoms with Crippen LogP contribution in [0.5, 0.6) is 12.0 Å². The third-order valence-corrected chi connectivity index (χ3v) is 3.55. The van der Waals surface area contributed by atoms with Crippen molar-refractivity contribution in [2.75, 3.05) is 32.2 Å². The summed E-state index contributed by atoms with van der Waals surface area (Å²) in [6.45, 7) is 3.85. The van der Waals surface area contributed by atoms with Gasteiger partial charge in [-0.2, -0.15) is 9.97 Å². The second kappa shape index (κ2) is 6.01. The number of hydrogen-bond acceptors (Lipinski definition) is 7. The van der Waals surface area contributed by atoms with E-state index in [-0.39, 0.29) is 18.1 Å². The van der Waals surface area contributed by atoms with Crippen molar-refractivity contribution in [2.45, 2.75) is 25.8 Å². The molecular formula is C12H21N5O2. The van der Waals surface area contributed by atoms with Gasteiger partial charge in [-0.3, -0.25) is 0 Å². The van der Waals surface area contributed by atoms with Gasteiger partial charge in [-0.1, -0.05) is 13.3 Å². The van der Waals surface area contributed by atoms with Crippen LogP contribution >= 0.6 is 0 Å². The summed E-state index contributed by atoms with van der Waals surface area (Å²) in [4.78, 5) is 14.7. The Morgan fingerprint density at radius 1 is 1.21 bits per heavy atom. The monoisotopic (exact) mass is 267 g/mol. The molecule has 0 spiro atoms. The summed E-state index contributed by atoms with van der Waals surface area (Å²) in [5, 5.41) is 0. The molecule has 1 aliphatic rings. The molecule has 0 bridgehead atoms. The van der Waals surface area contributed by atoms with Gasteiger partial charge in [-0.25, -0.2) is 0 Å². The minimum Gasteiger partial charge on any atom is -0.467 e. The van der Waals surface area contributed by atoms with Crippen molar-refractivity contribution in [2.24, 2.45) is 11.7 Å². The van der Waals surface area contributed by atoms with E-state index in [9.17, 15) is 0 Å². The second-order valence-electron chi connectivity index (χ2n) is 4.68. The van der Waals surface area contributed by atoms with Gasteiger partial charge in [-0.05, 0) is 12.3 Å². The maximum absolute atomic E-state index is 6.11. The molecule has 1 saturated heterocycles. The van der Waals surface area contributed by atoms with Gasteiger partial charge in [-0.15, -0.1) is 4.98 Å². The topological polar surface area (TPSA) is 86.4 Å². The molecule has 1 aliphatic heterocycles. The van der Waals surface area contributed by atoms with Crippen LogP contribution in [-0.4, -0.2) is 48.3 Å². The van der Waals surface area contributed by atoms with Crippen LogP contribution in [0.15, 0.2) is 0 Å². The standard InChI is InChI=1S/C12H21N5O2/c1-4-8-7-17(6-5-9(8)13)10-14-11(18-2)16-12(15-10)19-3/h8-9H,4-7,13H2,1-3H3. The molecule has 0 radical (unpaired) electrons. The van der Waals surface area contributed by atoms with Crippen LogP contribution in [0.25, 0.3) is 0 Å². The summed E-state index contributed by atoms with van der Waals surface area (Å²) in [5.74, 6) is 1.05. The van der Waals surface area contributed by atoms with Crippen LogP contribution < -0.4 is 20.1 Å². The van der Waals surface area contributed by atoms with Crippen molar-refractivity contribution in [3.8, 4) is 12.0 Å². The van der Waals surface area contributed by atoms with Crippen LogP contribution in [0.4, 0.5) is 5.95 Å². The van der Waals surface area contributed by atoms with Gasteiger partial charge in [0.1, 0.15) is 0 Å². The highest BCUT2D eigenvalue weighted by molar-refractivity contribution is 5.33. The molecule has 2 N–H and O–H groups in total. The number of nitrogens with zero attached hydrogens (tertiary/aromatic N) is 4. The van der Waals surface area contributed by atoms with Crippen molar-refractivity contribution in [1.29, 1.82) is 0 Å². The summed E-state index contributed by atoms with van der Waals surface area (Å²) in [7, 11) is 3.05. The average Bonchev–Trinajstić information content (AvgIpc) is 2.47. The lowest BCUT2D eigenvalue weighted by atomic mass is 9.91. The summed E-state index contributed by atoms with van der Waals surface area (Å²) < 4.78 is 10.1. The molecule has 0 saturated carbocycles. The van der Waals surface area contributed by atoms with E-state index in [0.717, 1.165) is 25.9 Å². The molecule has 7 heteroatoms. The molecule has 2 heterocycles. The van der Waals surface area contributed by atoms with Crippen molar-refractivity contribution in [1.82, 2.24) is 15.0 Å². The quantitative estimate of drug-likeness (QED) is 0.847. The lowest BCUT2D eigenvalue weighted by Crippen LogP contribution is -2.47. The molecule has 19 heavy (non-hydrogen) atoms. The zero-order valence-electron chi connectivity index (χ0n) is 11.7. The van der Waals surface area contributed by atoms with Crippen molar-refractivity contribution >= 4 is 5.95 Å². The molecular weight excluding hydrogens is 246 g/mol. The number of aromatic nitrogens is 3. The fraction of sp³-hybridized carbons (Fsp3) is 0.750. The first-order valence-electron chi connectivity index (χ1n) is 6.52. The SMILES string of the molecule is CCC1CN(c2nc(OC)nc(OC)n2)CCC1N. The molecule has 2 atom stereocenters. The molecule has 7 nitrogen and oxygen atoms in total. The lowest BCUT2D eigenvalue weighted by molar-refractivity contribution is 0.328. The van der Waals surface area contributed by atoms with Gasteiger partial charge in [0.2, 0.25) is 5.95 Å². The van der Waals surface area contributed by atoms with Crippen LogP contribution in [-0.2, 0) is 0 Å². The Balaban J connectivity index is 2.21. The summed E-state index contributed by atoms with van der Waals surface area (Å²) in [6.07, 6.45) is 1.99. The smallest absolute Gasteiger partial charge is 0.324 e. The third kappa shape index (κ3) is 3.04. The Kier molecular flexibility index (Phi) is 4.36. The number of piperidine rings is 1. The number of ether oxygens (including phenoxy) is 2. The highest BCUT2D eigenvalue weighted by Gasteiger charge is 2.27. The maximum Gasteiger partial charge on any atom is 0.324 e. The van der Waals surface area contributed by atoms with Gasteiger partial charge in [0, 0.05) is 19.1 Å². The molecule has 1 aromatic heterocycles. The fourth-order valence-corrected chi connectivity index (χ4v) is 2.32. The van der Waals surface area contributed by atoms with Crippen molar-refractivity contribution in [3.63, 3.8) is 0 Å². The molecule has 1 aromatic rings. The minimum atomic E-state index is 0.256. The minimum absolute atomic E-state index is 0.256. The number of anilines is 1. The van der Waals surface area contributed by atoms with Gasteiger partial charge < -0.3 is 20.1 Å². The first-order chi connectivity index (χ1) is 9.17. The fourth-order valence-electron chi connectivity index (χ4n) is 2.32. The van der Waals surface area contributed by atoms with E-state index >= 15 is 0 Å². The first kappa shape index (κ1) is 13.8. The summed E-state index contributed by atoms with van der Waals surface area (Å²) in [5.41, 5.74) is 6.11. The van der Waals surface area contributed by atoms with Crippen LogP contribution in [0, 0.1) is 5.92 Å². The Labute approximate surface area is 113 Å². The van der Waals surface area contributed by atoms with E-state index in [1.807, 2.05) is 0 Å². The van der Waals surface area contributed by atoms with Crippen molar-refractivity contribution < 1.29 is 9.47 Å². The van der Waals surface area contributed by atoms with E-state index < -0.39 is 0 Å². The lowest BCUT2D eigenvalue weighted by Gasteiger charge is -2.36. The van der Waals surface area contributed by atoms with Gasteiger partial charge >= 0.3 is 12.0 Å². The Morgan fingerprint density at radius 2 is 1.84 bits per heavy atom. The molecule has 1 fully saturated rings. The number of nitrogens with two attached hydrogens (primary N) is 1. The highest BCUT2D eigenvalue weighted by Crippen LogP contribution is 2.23. The Bertz CT molecular complexity index is 406. The molecule has 0 aliphatic carbocycles. The predicted molar refractivity (Wildman–Crippen MR) is 71.5 cm³/mol. The number of rotatable bonds is 4. The molecule has 106 valence electrons. The predicted octanol–water partition coefficient (Wildman–Crippen LogP) is 0.452. The largest absolute Gasteiger partial charge is 0.467 e. The van der Waals surface area contributed by atoms with Gasteiger partial charge in [0.05, 0.1) is 14.2 Å². The van der Waals surface area contributed by atoms with Gasteiger partial charge in [0.25, 0.3) is 0 Å². The normalized spacial score (nSPS) is 23.3. The Morgan fingerprint density at radius 3 is 2.37 bits per heavy atom. The summed E-state index contributed by atoms with van der Waals surface area (Å²) >= 11 is 0. The molecule has 2 rings (SSSR count). The molecule has 0 amide bonds. The molecule has 2 unspecified atom stereocenters. The highest BCUT2D eigenvalue weighted by atomic mass is 16.5. The molecule has 0 aromatic carbocycles. The summed E-state index contributed by atoms with van der Waals surface area (Å²) in [6, 6.07) is 0.793.